The van der Waals surface area contributed by atoms with Crippen LogP contribution in [0.3, 0.4) is 0 Å². The number of carbonyl (C=O) groups excluding carboxylic acids is 1. The normalized spacial score (nSPS) is 15.9. The van der Waals surface area contributed by atoms with Crippen molar-refractivity contribution in [1.29, 1.82) is 5.41 Å². The highest BCUT2D eigenvalue weighted by atomic mass is 35.5. The fourth-order valence-corrected chi connectivity index (χ4v) is 3.80. The van der Waals surface area contributed by atoms with Gasteiger partial charge in [-0.05, 0) is 49.2 Å². The quantitative estimate of drug-likeness (QED) is 0.300. The molecule has 0 aliphatic carbocycles. The Balaban J connectivity index is 1.56. The van der Waals surface area contributed by atoms with Crippen molar-refractivity contribution in [3.63, 3.8) is 0 Å². The molecule has 0 unspecified atom stereocenters. The summed E-state index contributed by atoms with van der Waals surface area (Å²) in [5, 5.41) is 10.2. The zero-order valence-corrected chi connectivity index (χ0v) is 20.1. The van der Waals surface area contributed by atoms with Crippen LogP contribution in [0, 0.1) is 5.41 Å². The maximum Gasteiger partial charge on any atom is 0.282 e. The van der Waals surface area contributed by atoms with Crippen molar-refractivity contribution in [2.45, 2.75) is 13.3 Å². The van der Waals surface area contributed by atoms with E-state index in [9.17, 15) is 4.79 Å². The minimum Gasteiger partial charge on any atom is -0.493 e. The van der Waals surface area contributed by atoms with Gasteiger partial charge in [-0.3, -0.25) is 10.2 Å². The van der Waals surface area contributed by atoms with Gasteiger partial charge in [0.25, 0.3) is 5.91 Å². The number of hydrogen-bond acceptors (Lipinski definition) is 6. The lowest BCUT2D eigenvalue weighted by molar-refractivity contribution is -0.114. The summed E-state index contributed by atoms with van der Waals surface area (Å²) in [5.74, 6) is 1.84. The molecular formula is C26H24ClN3O5. The largest absolute Gasteiger partial charge is 0.493 e. The van der Waals surface area contributed by atoms with E-state index in [4.69, 9.17) is 36.1 Å². The summed E-state index contributed by atoms with van der Waals surface area (Å²) in [5.41, 5.74) is 1.55. The van der Waals surface area contributed by atoms with E-state index in [0.717, 1.165) is 5.56 Å². The van der Waals surface area contributed by atoms with Gasteiger partial charge in [0.2, 0.25) is 0 Å². The van der Waals surface area contributed by atoms with Crippen molar-refractivity contribution in [3.8, 4) is 17.2 Å². The SMILES string of the molecule is C=CCc1cc(/C=C2\C(=N)N3OC(C)=CC3=NC2=O)cc(OC)c1OCCOc1ccccc1Cl. The van der Waals surface area contributed by atoms with Crippen molar-refractivity contribution >= 4 is 35.3 Å². The number of methoxy groups -OCH3 is 1. The molecule has 2 aromatic rings. The van der Waals surface area contributed by atoms with Gasteiger partial charge in [-0.25, -0.2) is 0 Å². The second-order valence-electron chi connectivity index (χ2n) is 7.65. The first kappa shape index (κ1) is 24.1. The number of nitrogens with one attached hydrogen (secondary N) is 1. The highest BCUT2D eigenvalue weighted by molar-refractivity contribution is 6.32. The minimum atomic E-state index is -0.517. The zero-order valence-electron chi connectivity index (χ0n) is 19.3. The molecule has 4 rings (SSSR count). The summed E-state index contributed by atoms with van der Waals surface area (Å²) in [6.07, 6.45) is 5.44. The van der Waals surface area contributed by atoms with Crippen LogP contribution in [0.5, 0.6) is 17.2 Å². The number of fused-ring (bicyclic) bond motifs is 1. The fourth-order valence-electron chi connectivity index (χ4n) is 3.61. The Labute approximate surface area is 208 Å². The molecule has 0 saturated heterocycles. The first-order valence-corrected chi connectivity index (χ1v) is 11.2. The Hall–Kier alpha value is -4.04. The summed E-state index contributed by atoms with van der Waals surface area (Å²) in [4.78, 5) is 22.1. The van der Waals surface area contributed by atoms with Crippen LogP contribution in [0.15, 0.2) is 71.5 Å². The smallest absolute Gasteiger partial charge is 0.282 e. The summed E-state index contributed by atoms with van der Waals surface area (Å²) in [7, 11) is 1.54. The van der Waals surface area contributed by atoms with E-state index in [2.05, 4.69) is 11.6 Å². The first-order valence-electron chi connectivity index (χ1n) is 10.8. The third-order valence-corrected chi connectivity index (χ3v) is 5.47. The van der Waals surface area contributed by atoms with Crippen LogP contribution in [-0.4, -0.2) is 43.0 Å². The van der Waals surface area contributed by atoms with Crippen molar-refractivity contribution in [3.05, 3.63) is 82.6 Å². The van der Waals surface area contributed by atoms with Crippen LogP contribution in [0.2, 0.25) is 5.02 Å². The average Bonchev–Trinajstić information content (AvgIpc) is 3.21. The molecule has 2 aliphatic rings. The highest BCUT2D eigenvalue weighted by Gasteiger charge is 2.34. The second-order valence-corrected chi connectivity index (χ2v) is 8.06. The number of amidine groups is 2. The molecule has 0 atom stereocenters. The standard InChI is InChI=1S/C26H24ClN3O5/c1-4-7-18-13-17(14-19-25(28)30-23(29-26(19)31)12-16(2)35-30)15-22(32-3)24(18)34-11-10-33-21-9-6-5-8-20(21)27/h4-6,8-9,12-15,28H,1,7,10-11H2,2-3H3/b19-14+,28-25?. The maximum atomic E-state index is 12.6. The molecule has 0 bridgehead atoms. The number of carbonyl (C=O) groups is 1. The molecular weight excluding hydrogens is 470 g/mol. The number of hydrogen-bond donors (Lipinski definition) is 1. The van der Waals surface area contributed by atoms with Crippen molar-refractivity contribution < 1.29 is 23.8 Å². The predicted octanol–water partition coefficient (Wildman–Crippen LogP) is 4.99. The lowest BCUT2D eigenvalue weighted by Gasteiger charge is -2.23. The predicted molar refractivity (Wildman–Crippen MR) is 134 cm³/mol. The van der Waals surface area contributed by atoms with Gasteiger partial charge < -0.3 is 19.0 Å². The molecule has 2 heterocycles. The summed E-state index contributed by atoms with van der Waals surface area (Å²) < 4.78 is 17.3. The van der Waals surface area contributed by atoms with E-state index >= 15 is 0 Å². The van der Waals surface area contributed by atoms with Crippen molar-refractivity contribution in [1.82, 2.24) is 5.06 Å². The third kappa shape index (κ3) is 5.22. The van der Waals surface area contributed by atoms with Crippen molar-refractivity contribution in [2.75, 3.05) is 20.3 Å². The number of hydroxylamine groups is 2. The Morgan fingerprint density at radius 2 is 1.97 bits per heavy atom. The number of amides is 1. The summed E-state index contributed by atoms with van der Waals surface area (Å²) in [6.45, 7) is 6.09. The molecule has 0 aromatic heterocycles. The van der Waals surface area contributed by atoms with Crippen LogP contribution in [0.25, 0.3) is 6.08 Å². The molecule has 0 fully saturated rings. The molecule has 0 radical (unpaired) electrons. The summed E-state index contributed by atoms with van der Waals surface area (Å²) in [6, 6.07) is 10.8. The van der Waals surface area contributed by atoms with E-state index in [-0.39, 0.29) is 24.6 Å². The molecule has 0 spiro atoms. The van der Waals surface area contributed by atoms with Crippen LogP contribution in [0.4, 0.5) is 0 Å². The van der Waals surface area contributed by atoms with E-state index in [1.807, 2.05) is 18.2 Å². The maximum absolute atomic E-state index is 12.6. The number of benzene rings is 2. The van der Waals surface area contributed by atoms with Gasteiger partial charge in [-0.1, -0.05) is 29.8 Å². The van der Waals surface area contributed by atoms with E-state index in [1.165, 1.54) is 12.2 Å². The van der Waals surface area contributed by atoms with Gasteiger partial charge in [0.15, 0.2) is 23.2 Å². The van der Waals surface area contributed by atoms with Gasteiger partial charge in [0, 0.05) is 11.6 Å². The van der Waals surface area contributed by atoms with Crippen LogP contribution >= 0.6 is 11.6 Å². The third-order valence-electron chi connectivity index (χ3n) is 5.15. The van der Waals surface area contributed by atoms with Crippen LogP contribution < -0.4 is 14.2 Å². The lowest BCUT2D eigenvalue weighted by Crippen LogP contribution is -2.38. The molecule has 180 valence electrons. The van der Waals surface area contributed by atoms with Crippen molar-refractivity contribution in [2.24, 2.45) is 4.99 Å². The number of nitrogens with zero attached hydrogens (tertiary/aromatic N) is 2. The molecule has 2 aromatic carbocycles. The van der Waals surface area contributed by atoms with Crippen LogP contribution in [-0.2, 0) is 16.1 Å². The van der Waals surface area contributed by atoms with E-state index in [0.29, 0.717) is 45.9 Å². The zero-order chi connectivity index (χ0) is 24.9. The Kier molecular flexibility index (Phi) is 7.22. The fraction of sp³-hybridized carbons (Fsp3) is 0.192. The minimum absolute atomic E-state index is 0.0885. The van der Waals surface area contributed by atoms with E-state index in [1.54, 1.807) is 43.4 Å². The van der Waals surface area contributed by atoms with Gasteiger partial charge >= 0.3 is 0 Å². The molecule has 35 heavy (non-hydrogen) atoms. The number of allylic oxidation sites excluding steroid dienone is 2. The topological polar surface area (TPSA) is 93.4 Å². The molecule has 0 saturated carbocycles. The van der Waals surface area contributed by atoms with Gasteiger partial charge in [-0.2, -0.15) is 4.99 Å². The number of rotatable bonds is 9. The van der Waals surface area contributed by atoms with Gasteiger partial charge in [0.1, 0.15) is 24.7 Å². The number of aliphatic imine (C=N–C) groups is 1. The second kappa shape index (κ2) is 10.5. The highest BCUT2D eigenvalue weighted by Crippen LogP contribution is 2.35. The lowest BCUT2D eigenvalue weighted by atomic mass is 10.0. The number of para-hydroxylation sites is 1. The monoisotopic (exact) mass is 493 g/mol. The molecule has 8 nitrogen and oxygen atoms in total. The number of ether oxygens (including phenoxy) is 3. The van der Waals surface area contributed by atoms with Gasteiger partial charge in [-0.15, -0.1) is 11.6 Å². The molecule has 9 heteroatoms. The first-order chi connectivity index (χ1) is 16.9. The Bertz CT molecular complexity index is 1280. The van der Waals surface area contributed by atoms with E-state index < -0.39 is 5.91 Å². The molecule has 1 N–H and O–H groups in total. The van der Waals surface area contributed by atoms with Crippen LogP contribution in [0.1, 0.15) is 18.1 Å². The number of halogens is 1. The summed E-state index contributed by atoms with van der Waals surface area (Å²) >= 11 is 6.13. The average molecular weight is 494 g/mol. The van der Waals surface area contributed by atoms with Gasteiger partial charge in [0.05, 0.1) is 17.7 Å². The Morgan fingerprint density at radius 3 is 2.71 bits per heavy atom. The molecule has 1 amide bonds. The molecule has 2 aliphatic heterocycles. The Morgan fingerprint density at radius 1 is 1.20 bits per heavy atom.